The number of hydrogen-bond acceptors (Lipinski definition) is 2. The minimum atomic E-state index is -0.541. The van der Waals surface area contributed by atoms with Crippen LogP contribution in [0.5, 0.6) is 0 Å². The summed E-state index contributed by atoms with van der Waals surface area (Å²) < 4.78 is 5.90. The van der Waals surface area contributed by atoms with Crippen molar-refractivity contribution >= 4 is 37.1 Å². The van der Waals surface area contributed by atoms with Crippen molar-refractivity contribution in [3.05, 3.63) is 121 Å². The lowest BCUT2D eigenvalue weighted by atomic mass is 10.4. The molecule has 4 heteroatoms. The number of benzene rings is 4. The van der Waals surface area contributed by atoms with Gasteiger partial charge in [-0.25, -0.2) is 0 Å². The molecule has 0 spiro atoms. The SMILES string of the molecule is COC(C)N(CP(c1ccccc1)c1ccccc1)CP(c1ccccc1)c1ccccc1. The van der Waals surface area contributed by atoms with Crippen molar-refractivity contribution in [2.24, 2.45) is 0 Å². The molecule has 0 aromatic heterocycles. The van der Waals surface area contributed by atoms with Crippen LogP contribution in [-0.4, -0.2) is 30.8 Å². The molecule has 33 heavy (non-hydrogen) atoms. The van der Waals surface area contributed by atoms with E-state index in [9.17, 15) is 0 Å². The summed E-state index contributed by atoms with van der Waals surface area (Å²) in [4.78, 5) is 2.54. The molecule has 4 rings (SSSR count). The minimum absolute atomic E-state index is 0.0276. The van der Waals surface area contributed by atoms with Crippen LogP contribution in [0.25, 0.3) is 0 Å². The lowest BCUT2D eigenvalue weighted by Crippen LogP contribution is -2.39. The van der Waals surface area contributed by atoms with Crippen molar-refractivity contribution in [3.8, 4) is 0 Å². The Morgan fingerprint density at radius 3 is 1.06 bits per heavy atom. The maximum Gasteiger partial charge on any atom is 0.108 e. The number of methoxy groups -OCH3 is 1. The van der Waals surface area contributed by atoms with Crippen molar-refractivity contribution in [1.29, 1.82) is 0 Å². The van der Waals surface area contributed by atoms with E-state index in [0.717, 1.165) is 12.6 Å². The van der Waals surface area contributed by atoms with Gasteiger partial charge in [-0.2, -0.15) is 0 Å². The third-order valence-electron chi connectivity index (χ3n) is 5.77. The molecule has 1 atom stereocenters. The molecule has 0 saturated heterocycles. The van der Waals surface area contributed by atoms with Crippen LogP contribution in [0.3, 0.4) is 0 Å². The van der Waals surface area contributed by atoms with Crippen molar-refractivity contribution in [2.75, 3.05) is 19.7 Å². The van der Waals surface area contributed by atoms with Crippen molar-refractivity contribution in [2.45, 2.75) is 13.2 Å². The van der Waals surface area contributed by atoms with Crippen LogP contribution in [-0.2, 0) is 4.74 Å². The summed E-state index contributed by atoms with van der Waals surface area (Å²) in [5, 5.41) is 5.60. The van der Waals surface area contributed by atoms with Crippen LogP contribution in [0.1, 0.15) is 6.92 Å². The third-order valence-corrected chi connectivity index (χ3v) is 10.8. The van der Waals surface area contributed by atoms with Crippen LogP contribution < -0.4 is 21.2 Å². The normalized spacial score (nSPS) is 12.4. The summed E-state index contributed by atoms with van der Waals surface area (Å²) in [6.45, 7) is 2.17. The molecule has 0 amide bonds. The second-order valence-corrected chi connectivity index (χ2v) is 12.2. The number of nitrogens with zero attached hydrogens (tertiary/aromatic N) is 1. The molecular formula is C29H31NOP2. The highest BCUT2D eigenvalue weighted by atomic mass is 31.1. The Morgan fingerprint density at radius 2 is 0.818 bits per heavy atom. The lowest BCUT2D eigenvalue weighted by molar-refractivity contribution is 0.00318. The molecular weight excluding hydrogens is 440 g/mol. The van der Waals surface area contributed by atoms with E-state index >= 15 is 0 Å². The van der Waals surface area contributed by atoms with Crippen LogP contribution in [0.4, 0.5) is 0 Å². The molecule has 168 valence electrons. The van der Waals surface area contributed by atoms with Gasteiger partial charge in [0, 0.05) is 19.7 Å². The molecule has 4 aromatic rings. The van der Waals surface area contributed by atoms with E-state index in [4.69, 9.17) is 4.74 Å². The van der Waals surface area contributed by atoms with Gasteiger partial charge in [0.25, 0.3) is 0 Å². The Labute approximate surface area is 200 Å². The van der Waals surface area contributed by atoms with Crippen molar-refractivity contribution in [3.63, 3.8) is 0 Å². The molecule has 0 fully saturated rings. The van der Waals surface area contributed by atoms with E-state index in [1.165, 1.54) is 21.2 Å². The second kappa shape index (κ2) is 12.2. The molecule has 0 bridgehead atoms. The molecule has 0 radical (unpaired) electrons. The van der Waals surface area contributed by atoms with Gasteiger partial charge in [0.2, 0.25) is 0 Å². The number of ether oxygens (including phenoxy) is 1. The predicted molar refractivity (Wildman–Crippen MR) is 146 cm³/mol. The summed E-state index contributed by atoms with van der Waals surface area (Å²) in [5.74, 6) is 0. The summed E-state index contributed by atoms with van der Waals surface area (Å²) in [7, 11) is 0.737. The van der Waals surface area contributed by atoms with Crippen LogP contribution in [0, 0.1) is 0 Å². The van der Waals surface area contributed by atoms with Gasteiger partial charge in [-0.1, -0.05) is 121 Å². The molecule has 4 aromatic carbocycles. The number of rotatable bonds is 10. The van der Waals surface area contributed by atoms with E-state index in [-0.39, 0.29) is 6.23 Å². The first kappa shape index (κ1) is 23.8. The third kappa shape index (κ3) is 6.38. The second-order valence-electron chi connectivity index (χ2n) is 7.90. The molecule has 2 nitrogen and oxygen atoms in total. The Hall–Kier alpha value is -2.34. The first-order valence-electron chi connectivity index (χ1n) is 11.3. The maximum atomic E-state index is 5.90. The Bertz CT molecular complexity index is 914. The molecule has 0 aliphatic heterocycles. The Morgan fingerprint density at radius 1 is 0.545 bits per heavy atom. The minimum Gasteiger partial charge on any atom is -0.367 e. The van der Waals surface area contributed by atoms with Crippen LogP contribution in [0.15, 0.2) is 121 Å². The van der Waals surface area contributed by atoms with Gasteiger partial charge in [0.05, 0.1) is 0 Å². The van der Waals surface area contributed by atoms with E-state index in [1.807, 2.05) is 7.11 Å². The lowest BCUT2D eigenvalue weighted by Gasteiger charge is -2.35. The van der Waals surface area contributed by atoms with Gasteiger partial charge >= 0.3 is 0 Å². The quantitative estimate of drug-likeness (QED) is 0.225. The van der Waals surface area contributed by atoms with Crippen molar-refractivity contribution < 1.29 is 4.74 Å². The van der Waals surface area contributed by atoms with Gasteiger partial charge in [0.15, 0.2) is 0 Å². The average molecular weight is 472 g/mol. The zero-order valence-corrected chi connectivity index (χ0v) is 21.1. The van der Waals surface area contributed by atoms with Gasteiger partial charge in [-0.3, -0.25) is 4.90 Å². The zero-order valence-electron chi connectivity index (χ0n) is 19.3. The smallest absolute Gasteiger partial charge is 0.108 e. The Balaban J connectivity index is 1.69. The van der Waals surface area contributed by atoms with Gasteiger partial charge in [0.1, 0.15) is 6.23 Å². The zero-order chi connectivity index (χ0) is 22.9. The fourth-order valence-electron chi connectivity index (χ4n) is 3.84. The molecule has 0 N–H and O–H groups in total. The molecule has 0 heterocycles. The monoisotopic (exact) mass is 471 g/mol. The summed E-state index contributed by atoms with van der Waals surface area (Å²) in [6.07, 6.45) is 1.94. The number of hydrogen-bond donors (Lipinski definition) is 0. The van der Waals surface area contributed by atoms with Crippen molar-refractivity contribution in [1.82, 2.24) is 4.90 Å². The fraction of sp³-hybridized carbons (Fsp3) is 0.172. The van der Waals surface area contributed by atoms with E-state index < -0.39 is 15.8 Å². The standard InChI is InChI=1S/C29H31NOP2/c1-25(31-2)30(23-32(26-15-7-3-8-16-26)27-17-9-4-10-18-27)24-33(28-19-11-5-12-20-28)29-21-13-6-14-22-29/h3-22,25H,23-24H2,1-2H3. The van der Waals surface area contributed by atoms with Gasteiger partial charge < -0.3 is 4.74 Å². The average Bonchev–Trinajstić information content (AvgIpc) is 2.90. The topological polar surface area (TPSA) is 12.5 Å². The first-order chi connectivity index (χ1) is 16.3. The first-order valence-corrected chi connectivity index (χ1v) is 14.3. The van der Waals surface area contributed by atoms with Crippen LogP contribution >= 0.6 is 15.8 Å². The maximum absolute atomic E-state index is 5.90. The highest BCUT2D eigenvalue weighted by molar-refractivity contribution is 7.73. The molecule has 0 saturated carbocycles. The molecule has 0 aliphatic carbocycles. The van der Waals surface area contributed by atoms with Gasteiger partial charge in [-0.05, 0) is 44.0 Å². The van der Waals surface area contributed by atoms with E-state index in [2.05, 4.69) is 133 Å². The largest absolute Gasteiger partial charge is 0.367 e. The van der Waals surface area contributed by atoms with Gasteiger partial charge in [-0.15, -0.1) is 0 Å². The van der Waals surface area contributed by atoms with E-state index in [0.29, 0.717) is 0 Å². The summed E-state index contributed by atoms with van der Waals surface area (Å²) in [6, 6.07) is 43.8. The highest BCUT2D eigenvalue weighted by Crippen LogP contribution is 2.40. The fourth-order valence-corrected chi connectivity index (χ4v) is 8.77. The highest BCUT2D eigenvalue weighted by Gasteiger charge is 2.25. The Kier molecular flexibility index (Phi) is 8.81. The van der Waals surface area contributed by atoms with E-state index in [1.54, 1.807) is 0 Å². The molecule has 0 aliphatic rings. The van der Waals surface area contributed by atoms with Crippen LogP contribution in [0.2, 0.25) is 0 Å². The summed E-state index contributed by atoms with van der Waals surface area (Å²) >= 11 is 0. The molecule has 1 unspecified atom stereocenters. The predicted octanol–water partition coefficient (Wildman–Crippen LogP) is 5.46. The summed E-state index contributed by atoms with van der Waals surface area (Å²) in [5.41, 5.74) is 0.